The van der Waals surface area contributed by atoms with Crippen molar-refractivity contribution in [2.45, 2.75) is 77.4 Å². The molecule has 5 heteroatoms. The van der Waals surface area contributed by atoms with E-state index >= 15 is 0 Å². The van der Waals surface area contributed by atoms with Crippen molar-refractivity contribution < 1.29 is 19.4 Å². The second-order valence-corrected chi connectivity index (χ2v) is 7.86. The number of hydrogen-bond donors (Lipinski definition) is 2. The lowest BCUT2D eigenvalue weighted by atomic mass is 9.79. The van der Waals surface area contributed by atoms with E-state index in [-0.39, 0.29) is 18.4 Å². The van der Waals surface area contributed by atoms with E-state index in [4.69, 9.17) is 4.74 Å². The molecule has 1 amide bonds. The minimum Gasteiger partial charge on any atom is -0.464 e. The Morgan fingerprint density at radius 1 is 1.14 bits per heavy atom. The van der Waals surface area contributed by atoms with Crippen LogP contribution in [-0.2, 0) is 20.7 Å². The summed E-state index contributed by atoms with van der Waals surface area (Å²) < 4.78 is 4.96. The van der Waals surface area contributed by atoms with Crippen molar-refractivity contribution in [1.29, 1.82) is 0 Å². The van der Waals surface area contributed by atoms with Crippen molar-refractivity contribution in [2.75, 3.05) is 6.61 Å². The molecule has 2 atom stereocenters. The van der Waals surface area contributed by atoms with E-state index in [1.165, 1.54) is 19.3 Å². The predicted octanol–water partition coefficient (Wildman–Crippen LogP) is 3.63. The summed E-state index contributed by atoms with van der Waals surface area (Å²) in [6.45, 7) is 4.11. The first-order valence-electron chi connectivity index (χ1n) is 10.7. The van der Waals surface area contributed by atoms with Crippen LogP contribution >= 0.6 is 0 Å². The van der Waals surface area contributed by atoms with Crippen molar-refractivity contribution in [3.05, 3.63) is 35.9 Å². The van der Waals surface area contributed by atoms with Gasteiger partial charge in [0.1, 0.15) is 0 Å². The number of amides is 1. The normalized spacial score (nSPS) is 21.5. The van der Waals surface area contributed by atoms with Crippen molar-refractivity contribution in [3.8, 4) is 0 Å². The van der Waals surface area contributed by atoms with Gasteiger partial charge in [0.05, 0.1) is 12.6 Å². The molecule has 1 aliphatic carbocycles. The lowest BCUT2D eigenvalue weighted by Gasteiger charge is -2.30. The van der Waals surface area contributed by atoms with E-state index in [1.807, 2.05) is 30.3 Å². The van der Waals surface area contributed by atoms with E-state index < -0.39 is 18.1 Å². The number of benzene rings is 1. The molecule has 1 saturated carbocycles. The first kappa shape index (κ1) is 22.4. The summed E-state index contributed by atoms with van der Waals surface area (Å²) in [5, 5.41) is 13.4. The van der Waals surface area contributed by atoms with Gasteiger partial charge >= 0.3 is 5.97 Å². The molecule has 2 rings (SSSR count). The van der Waals surface area contributed by atoms with Crippen molar-refractivity contribution in [1.82, 2.24) is 5.32 Å². The molecule has 5 nitrogen and oxygen atoms in total. The minimum absolute atomic E-state index is 0.0365. The van der Waals surface area contributed by atoms with Gasteiger partial charge in [-0.15, -0.1) is 0 Å². The molecule has 0 heterocycles. The third-order valence-electron chi connectivity index (χ3n) is 5.72. The van der Waals surface area contributed by atoms with Crippen LogP contribution in [0.25, 0.3) is 0 Å². The Kier molecular flexibility index (Phi) is 9.48. The molecule has 1 aromatic carbocycles. The van der Waals surface area contributed by atoms with E-state index in [1.54, 1.807) is 6.92 Å². The summed E-state index contributed by atoms with van der Waals surface area (Å²) in [4.78, 5) is 24.9. The van der Waals surface area contributed by atoms with Crippen LogP contribution in [-0.4, -0.2) is 35.7 Å². The number of aliphatic hydroxyl groups excluding tert-OH is 1. The second kappa shape index (κ2) is 11.8. The van der Waals surface area contributed by atoms with E-state index in [9.17, 15) is 14.7 Å². The highest BCUT2D eigenvalue weighted by molar-refractivity contribution is 5.81. The van der Waals surface area contributed by atoms with Crippen molar-refractivity contribution >= 4 is 11.9 Å². The molecular weight excluding hydrogens is 354 g/mol. The fourth-order valence-electron chi connectivity index (χ4n) is 4.01. The quantitative estimate of drug-likeness (QED) is 0.599. The van der Waals surface area contributed by atoms with Gasteiger partial charge in [-0.2, -0.15) is 0 Å². The molecule has 28 heavy (non-hydrogen) atoms. The number of ether oxygens (including phenoxy) is 1. The van der Waals surface area contributed by atoms with Gasteiger partial charge in [-0.3, -0.25) is 4.79 Å². The molecule has 0 aliphatic heterocycles. The monoisotopic (exact) mass is 389 g/mol. The van der Waals surface area contributed by atoms with Gasteiger partial charge in [0, 0.05) is 5.92 Å². The Bertz CT molecular complexity index is 596. The van der Waals surface area contributed by atoms with Crippen LogP contribution in [0, 0.1) is 11.8 Å². The van der Waals surface area contributed by atoms with Crippen molar-refractivity contribution in [3.63, 3.8) is 0 Å². The van der Waals surface area contributed by atoms with E-state index in [0.29, 0.717) is 6.42 Å². The van der Waals surface area contributed by atoms with Crippen LogP contribution in [0.1, 0.15) is 64.4 Å². The third kappa shape index (κ3) is 6.93. The summed E-state index contributed by atoms with van der Waals surface area (Å²) in [7, 11) is 0. The first-order valence-corrected chi connectivity index (χ1v) is 10.7. The Labute approximate surface area is 168 Å². The van der Waals surface area contributed by atoms with Gasteiger partial charge in [-0.05, 0) is 50.5 Å². The van der Waals surface area contributed by atoms with Crippen LogP contribution in [0.5, 0.6) is 0 Å². The van der Waals surface area contributed by atoms with Gasteiger partial charge in [0.2, 0.25) is 5.91 Å². The zero-order valence-electron chi connectivity index (χ0n) is 17.2. The van der Waals surface area contributed by atoms with Crippen LogP contribution < -0.4 is 5.32 Å². The average Bonchev–Trinajstić information content (AvgIpc) is 2.72. The van der Waals surface area contributed by atoms with Crippen LogP contribution in [0.2, 0.25) is 0 Å². The fourth-order valence-corrected chi connectivity index (χ4v) is 4.01. The average molecular weight is 390 g/mol. The summed E-state index contributed by atoms with van der Waals surface area (Å²) in [6, 6.07) is 8.89. The molecule has 0 bridgehead atoms. The lowest BCUT2D eigenvalue weighted by molar-refractivity contribution is -0.155. The van der Waals surface area contributed by atoms with E-state index in [0.717, 1.165) is 37.2 Å². The number of rotatable bonds is 10. The molecule has 0 saturated heterocycles. The Morgan fingerprint density at radius 2 is 1.82 bits per heavy atom. The minimum atomic E-state index is -1.37. The van der Waals surface area contributed by atoms with Gasteiger partial charge in [-0.25, -0.2) is 4.79 Å². The number of carbonyl (C=O) groups excluding carboxylic acids is 2. The number of unbranched alkanes of at least 4 members (excludes halogenated alkanes) is 1. The summed E-state index contributed by atoms with van der Waals surface area (Å²) in [6.07, 6.45) is 6.68. The second-order valence-electron chi connectivity index (χ2n) is 7.86. The maximum absolute atomic E-state index is 12.8. The number of aliphatic hydroxyl groups is 1. The first-order chi connectivity index (χ1) is 13.5. The molecular formula is C23H35NO4. The predicted molar refractivity (Wildman–Crippen MR) is 110 cm³/mol. The number of esters is 1. The highest BCUT2D eigenvalue weighted by Gasteiger charge is 2.32. The van der Waals surface area contributed by atoms with Gasteiger partial charge in [0.25, 0.3) is 0 Å². The summed E-state index contributed by atoms with van der Waals surface area (Å²) in [5.74, 6) is -0.0509. The summed E-state index contributed by atoms with van der Waals surface area (Å²) >= 11 is 0. The van der Waals surface area contributed by atoms with Crippen LogP contribution in [0.4, 0.5) is 0 Å². The lowest BCUT2D eigenvalue weighted by Crippen LogP contribution is -2.50. The maximum Gasteiger partial charge on any atom is 0.337 e. The van der Waals surface area contributed by atoms with Crippen LogP contribution in [0.15, 0.2) is 30.3 Å². The SMILES string of the molecule is CCCCC1CCC(C(=O)N[C@@H](Cc2ccccc2)[C@@H](O)C(=O)OCC)CC1. The Hall–Kier alpha value is -1.88. The molecule has 0 aromatic heterocycles. The molecule has 1 aromatic rings. The molecule has 1 aliphatic rings. The maximum atomic E-state index is 12.8. The highest BCUT2D eigenvalue weighted by Crippen LogP contribution is 2.32. The number of hydrogen-bond acceptors (Lipinski definition) is 4. The highest BCUT2D eigenvalue weighted by atomic mass is 16.5. The Balaban J connectivity index is 1.97. The van der Waals surface area contributed by atoms with Crippen molar-refractivity contribution in [2.24, 2.45) is 11.8 Å². The fraction of sp³-hybridized carbons (Fsp3) is 0.652. The zero-order chi connectivity index (χ0) is 20.4. The van der Waals surface area contributed by atoms with Gasteiger partial charge < -0.3 is 15.2 Å². The number of carbonyl (C=O) groups is 2. The molecule has 0 radical (unpaired) electrons. The largest absolute Gasteiger partial charge is 0.464 e. The molecule has 156 valence electrons. The Morgan fingerprint density at radius 3 is 2.43 bits per heavy atom. The smallest absolute Gasteiger partial charge is 0.337 e. The molecule has 2 N–H and O–H groups in total. The van der Waals surface area contributed by atoms with Gasteiger partial charge in [0.15, 0.2) is 6.10 Å². The van der Waals surface area contributed by atoms with E-state index in [2.05, 4.69) is 12.2 Å². The standard InChI is InChI=1S/C23H35NO4/c1-3-5-9-17-12-14-19(15-13-17)22(26)24-20(21(25)23(27)28-4-2)16-18-10-7-6-8-11-18/h6-8,10-11,17,19-21,25H,3-5,9,12-16H2,1-2H3,(H,24,26)/t17?,19?,20-,21+/m0/s1. The molecule has 0 unspecified atom stereocenters. The zero-order valence-corrected chi connectivity index (χ0v) is 17.2. The third-order valence-corrected chi connectivity index (χ3v) is 5.72. The van der Waals surface area contributed by atoms with Gasteiger partial charge in [-0.1, -0.05) is 56.5 Å². The number of nitrogens with one attached hydrogen (secondary N) is 1. The van der Waals surface area contributed by atoms with Crippen LogP contribution in [0.3, 0.4) is 0 Å². The topological polar surface area (TPSA) is 75.6 Å². The molecule has 0 spiro atoms. The molecule has 1 fully saturated rings. The summed E-state index contributed by atoms with van der Waals surface area (Å²) in [5.41, 5.74) is 0.958.